The Morgan fingerprint density at radius 2 is 2.12 bits per heavy atom. The van der Waals surface area contributed by atoms with E-state index in [9.17, 15) is 0 Å². The highest BCUT2D eigenvalue weighted by Gasteiger charge is 1.99. The maximum Gasteiger partial charge on any atom is 0.101 e. The highest BCUT2D eigenvalue weighted by molar-refractivity contribution is 5.56. The molecule has 0 aliphatic rings. The van der Waals surface area contributed by atoms with Crippen LogP contribution >= 0.6 is 0 Å². The summed E-state index contributed by atoms with van der Waals surface area (Å²) in [7, 11) is 0. The zero-order chi connectivity index (χ0) is 12.5. The molecule has 17 heavy (non-hydrogen) atoms. The van der Waals surface area contributed by atoms with E-state index in [2.05, 4.69) is 25.2 Å². The molecule has 0 saturated carbocycles. The zero-order valence-corrected chi connectivity index (χ0v) is 10.6. The van der Waals surface area contributed by atoms with Crippen LogP contribution in [-0.2, 0) is 4.74 Å². The van der Waals surface area contributed by atoms with Crippen LogP contribution in [0, 0.1) is 17.2 Å². The number of hydrogen-bond donors (Lipinski definition) is 1. The summed E-state index contributed by atoms with van der Waals surface area (Å²) in [5, 5.41) is 12.2. The fraction of sp³-hybridized carbons (Fsp3) is 0.500. The van der Waals surface area contributed by atoms with E-state index in [1.54, 1.807) is 0 Å². The second kappa shape index (κ2) is 7.70. The minimum absolute atomic E-state index is 0.585. The van der Waals surface area contributed by atoms with Crippen LogP contribution in [0.25, 0.3) is 0 Å². The lowest BCUT2D eigenvalue weighted by Crippen LogP contribution is -2.09. The Kier molecular flexibility index (Phi) is 6.13. The van der Waals surface area contributed by atoms with Gasteiger partial charge in [-0.2, -0.15) is 5.26 Å². The second-order valence-corrected chi connectivity index (χ2v) is 4.41. The van der Waals surface area contributed by atoms with Crippen molar-refractivity contribution in [2.24, 2.45) is 5.92 Å². The first kappa shape index (κ1) is 13.5. The van der Waals surface area contributed by atoms with E-state index in [-0.39, 0.29) is 0 Å². The number of rotatable bonds is 7. The summed E-state index contributed by atoms with van der Waals surface area (Å²) in [6.45, 7) is 6.69. The van der Waals surface area contributed by atoms with Crippen molar-refractivity contribution in [3.8, 4) is 6.07 Å². The molecule has 1 N–H and O–H groups in total. The molecule has 0 saturated heterocycles. The number of nitriles is 1. The van der Waals surface area contributed by atoms with Gasteiger partial charge in [-0.3, -0.25) is 0 Å². The summed E-state index contributed by atoms with van der Waals surface area (Å²) in [5.41, 5.74) is 1.59. The molecule has 0 atom stereocenters. The van der Waals surface area contributed by atoms with Crippen LogP contribution in [0.4, 0.5) is 5.69 Å². The molecule has 0 aromatic heterocycles. The minimum Gasteiger partial charge on any atom is -0.384 e. The molecule has 0 bridgehead atoms. The fourth-order valence-corrected chi connectivity index (χ4v) is 1.45. The minimum atomic E-state index is 0.585. The SMILES string of the molecule is CC(C)COCCCNc1ccccc1C#N. The molecule has 0 heterocycles. The number of nitrogens with zero attached hydrogens (tertiary/aromatic N) is 1. The van der Waals surface area contributed by atoms with E-state index in [0.717, 1.165) is 31.9 Å². The van der Waals surface area contributed by atoms with Crippen molar-refractivity contribution in [3.05, 3.63) is 29.8 Å². The Labute approximate surface area is 103 Å². The van der Waals surface area contributed by atoms with Crippen LogP contribution in [0.15, 0.2) is 24.3 Å². The van der Waals surface area contributed by atoms with Crippen molar-refractivity contribution < 1.29 is 4.74 Å². The highest BCUT2D eigenvalue weighted by atomic mass is 16.5. The molecule has 1 aromatic rings. The van der Waals surface area contributed by atoms with Crippen LogP contribution in [0.3, 0.4) is 0 Å². The molecule has 0 spiro atoms. The summed E-state index contributed by atoms with van der Waals surface area (Å²) in [5.74, 6) is 0.585. The van der Waals surface area contributed by atoms with E-state index in [0.29, 0.717) is 11.5 Å². The van der Waals surface area contributed by atoms with Crippen molar-refractivity contribution in [2.75, 3.05) is 25.1 Å². The van der Waals surface area contributed by atoms with Gasteiger partial charge in [0, 0.05) is 19.8 Å². The topological polar surface area (TPSA) is 45.0 Å². The Morgan fingerprint density at radius 3 is 2.82 bits per heavy atom. The van der Waals surface area contributed by atoms with E-state index >= 15 is 0 Å². The lowest BCUT2D eigenvalue weighted by atomic mass is 10.2. The molecule has 0 aliphatic carbocycles. The fourth-order valence-electron chi connectivity index (χ4n) is 1.45. The molecule has 3 nitrogen and oxygen atoms in total. The Balaban J connectivity index is 2.20. The molecule has 1 aromatic carbocycles. The van der Waals surface area contributed by atoms with Crippen LogP contribution in [0.1, 0.15) is 25.8 Å². The maximum absolute atomic E-state index is 8.91. The molecule has 1 rings (SSSR count). The molecule has 3 heteroatoms. The summed E-state index contributed by atoms with van der Waals surface area (Å²) in [4.78, 5) is 0. The predicted molar refractivity (Wildman–Crippen MR) is 69.9 cm³/mol. The molecule has 0 fully saturated rings. The van der Waals surface area contributed by atoms with Crippen molar-refractivity contribution >= 4 is 5.69 Å². The average Bonchev–Trinajstić information content (AvgIpc) is 2.33. The molecule has 0 amide bonds. The quantitative estimate of drug-likeness (QED) is 0.735. The van der Waals surface area contributed by atoms with Gasteiger partial charge in [0.15, 0.2) is 0 Å². The van der Waals surface area contributed by atoms with Gasteiger partial charge in [0.1, 0.15) is 6.07 Å². The van der Waals surface area contributed by atoms with Gasteiger partial charge in [-0.05, 0) is 24.5 Å². The summed E-state index contributed by atoms with van der Waals surface area (Å²) < 4.78 is 5.48. The smallest absolute Gasteiger partial charge is 0.101 e. The Morgan fingerprint density at radius 1 is 1.35 bits per heavy atom. The average molecular weight is 232 g/mol. The van der Waals surface area contributed by atoms with Crippen molar-refractivity contribution in [1.82, 2.24) is 0 Å². The van der Waals surface area contributed by atoms with Crippen LogP contribution in [0.2, 0.25) is 0 Å². The molecular weight excluding hydrogens is 212 g/mol. The van der Waals surface area contributed by atoms with Gasteiger partial charge < -0.3 is 10.1 Å². The third-order valence-corrected chi connectivity index (χ3v) is 2.28. The normalized spacial score (nSPS) is 10.2. The second-order valence-electron chi connectivity index (χ2n) is 4.41. The number of ether oxygens (including phenoxy) is 1. The van der Waals surface area contributed by atoms with E-state index in [4.69, 9.17) is 10.00 Å². The number of hydrogen-bond acceptors (Lipinski definition) is 3. The van der Waals surface area contributed by atoms with Crippen molar-refractivity contribution in [1.29, 1.82) is 5.26 Å². The standard InChI is InChI=1S/C14H20N2O/c1-12(2)11-17-9-5-8-16-14-7-4-3-6-13(14)10-15/h3-4,6-7,12,16H,5,8-9,11H2,1-2H3. The van der Waals surface area contributed by atoms with Crippen LogP contribution < -0.4 is 5.32 Å². The molecule has 0 radical (unpaired) electrons. The zero-order valence-electron chi connectivity index (χ0n) is 10.6. The van der Waals surface area contributed by atoms with E-state index < -0.39 is 0 Å². The molecule has 92 valence electrons. The van der Waals surface area contributed by atoms with Gasteiger partial charge in [0.05, 0.1) is 11.3 Å². The third kappa shape index (κ3) is 5.37. The summed E-state index contributed by atoms with van der Waals surface area (Å²) in [6, 6.07) is 9.71. The molecule has 0 aliphatic heterocycles. The number of nitrogens with one attached hydrogen (secondary N) is 1. The van der Waals surface area contributed by atoms with Gasteiger partial charge in [-0.1, -0.05) is 26.0 Å². The van der Waals surface area contributed by atoms with Crippen molar-refractivity contribution in [2.45, 2.75) is 20.3 Å². The monoisotopic (exact) mass is 232 g/mol. The van der Waals surface area contributed by atoms with Crippen LogP contribution in [0.5, 0.6) is 0 Å². The van der Waals surface area contributed by atoms with Gasteiger partial charge in [0.2, 0.25) is 0 Å². The Hall–Kier alpha value is -1.53. The first-order chi connectivity index (χ1) is 8.24. The maximum atomic E-state index is 8.91. The van der Waals surface area contributed by atoms with E-state index in [1.807, 2.05) is 24.3 Å². The first-order valence-corrected chi connectivity index (χ1v) is 6.04. The third-order valence-electron chi connectivity index (χ3n) is 2.28. The molecule has 0 unspecified atom stereocenters. The lowest BCUT2D eigenvalue weighted by molar-refractivity contribution is 0.110. The van der Waals surface area contributed by atoms with Crippen LogP contribution in [-0.4, -0.2) is 19.8 Å². The van der Waals surface area contributed by atoms with E-state index in [1.165, 1.54) is 0 Å². The summed E-state index contributed by atoms with van der Waals surface area (Å²) in [6.07, 6.45) is 0.951. The van der Waals surface area contributed by atoms with Gasteiger partial charge in [0.25, 0.3) is 0 Å². The lowest BCUT2D eigenvalue weighted by Gasteiger charge is -2.09. The van der Waals surface area contributed by atoms with Gasteiger partial charge in [-0.15, -0.1) is 0 Å². The number of para-hydroxylation sites is 1. The Bertz CT molecular complexity index is 369. The highest BCUT2D eigenvalue weighted by Crippen LogP contribution is 2.13. The van der Waals surface area contributed by atoms with Gasteiger partial charge in [-0.25, -0.2) is 0 Å². The summed E-state index contributed by atoms with van der Waals surface area (Å²) >= 11 is 0. The number of benzene rings is 1. The van der Waals surface area contributed by atoms with Gasteiger partial charge >= 0.3 is 0 Å². The number of anilines is 1. The largest absolute Gasteiger partial charge is 0.384 e. The first-order valence-electron chi connectivity index (χ1n) is 6.04. The predicted octanol–water partition coefficient (Wildman–Crippen LogP) is 3.03. The van der Waals surface area contributed by atoms with Crippen molar-refractivity contribution in [3.63, 3.8) is 0 Å². The molecular formula is C14H20N2O.